The summed E-state index contributed by atoms with van der Waals surface area (Å²) in [5, 5.41) is 29.7. The van der Waals surface area contributed by atoms with Crippen molar-refractivity contribution >= 4 is 117 Å². The molecule has 0 saturated carbocycles. The maximum Gasteiger partial charge on any atom is 0.231 e. The molecule has 0 bridgehead atoms. The van der Waals surface area contributed by atoms with Crippen LogP contribution in [0.5, 0.6) is 0 Å². The van der Waals surface area contributed by atoms with E-state index in [-0.39, 0.29) is 53.3 Å². The van der Waals surface area contributed by atoms with Crippen LogP contribution in [0.4, 0.5) is 46.5 Å². The third-order valence-corrected chi connectivity index (χ3v) is 26.9. The van der Waals surface area contributed by atoms with Gasteiger partial charge in [-0.05, 0) is 127 Å². The second-order valence-electron chi connectivity index (χ2n) is 37.6. The standard InChI is InChI=1S/C26H35ClN6O.3C25H33ClN6O/c1-16(2)28-13-22(20-6-8-21(27)9-7-20)26(34)32-10-11-33(19(5)14-32)25-23-17(3)12-18(4)31-24(23)29-15-30-25;3*1-16(2)27-14-21(19-5-7-20(26)8-6-19)25(33)32-11-9-31(10-12-32)24-22-17(3)13-18(4)30-23(22)28-15-29-24/h6-9,15-17,19,22,28H,4,10-14H2,1-3,5H3,(H,29,30,31);3*5-8,15-17,21,27H,4,9-14H2,1-3H3,(H,28,29,30)/t17-,19-,22-;17?,21-;17-,21+;17-,21-/m1101/s1. The summed E-state index contributed by atoms with van der Waals surface area (Å²) in [7, 11) is 0. The van der Waals surface area contributed by atoms with Gasteiger partial charge in [0.2, 0.25) is 23.6 Å². The lowest BCUT2D eigenvalue weighted by Gasteiger charge is -2.43. The Labute approximate surface area is 805 Å². The van der Waals surface area contributed by atoms with E-state index >= 15 is 0 Å². The number of aromatic nitrogens is 8. The number of nitrogens with zero attached hydrogens (tertiary/aromatic N) is 16. The van der Waals surface area contributed by atoms with Gasteiger partial charge in [-0.1, -0.05) is 204 Å². The first-order valence-corrected chi connectivity index (χ1v) is 48.6. The van der Waals surface area contributed by atoms with Gasteiger partial charge in [-0.3, -0.25) is 19.2 Å². The summed E-state index contributed by atoms with van der Waals surface area (Å²) >= 11 is 24.3. The van der Waals surface area contributed by atoms with E-state index in [9.17, 15) is 19.2 Å². The lowest BCUT2D eigenvalue weighted by atomic mass is 9.92. The van der Waals surface area contributed by atoms with E-state index in [2.05, 4.69) is 218 Å². The van der Waals surface area contributed by atoms with Gasteiger partial charge < -0.3 is 81.7 Å². The van der Waals surface area contributed by atoms with Crippen molar-refractivity contribution in [1.29, 1.82) is 0 Å². The Kier molecular flexibility index (Phi) is 34.6. The Morgan fingerprint density at radius 3 is 0.774 bits per heavy atom. The molecule has 32 heteroatoms. The fourth-order valence-corrected chi connectivity index (χ4v) is 19.4. The van der Waals surface area contributed by atoms with Crippen molar-refractivity contribution < 1.29 is 19.2 Å². The number of anilines is 8. The second-order valence-corrected chi connectivity index (χ2v) is 39.4. The van der Waals surface area contributed by atoms with Crippen molar-refractivity contribution in [2.45, 2.75) is 193 Å². The number of halogens is 4. The Hall–Kier alpha value is -10.6. The van der Waals surface area contributed by atoms with Crippen molar-refractivity contribution in [3.63, 3.8) is 0 Å². The number of carbonyl (C=O) groups excluding carboxylic acids is 4. The van der Waals surface area contributed by atoms with Gasteiger partial charge in [-0.15, -0.1) is 0 Å². The number of nitrogens with one attached hydrogen (secondary N) is 8. The van der Waals surface area contributed by atoms with Crippen molar-refractivity contribution in [2.75, 3.05) is 165 Å². The van der Waals surface area contributed by atoms with Crippen LogP contribution in [0.1, 0.15) is 208 Å². The van der Waals surface area contributed by atoms with E-state index in [1.54, 1.807) is 25.3 Å². The fourth-order valence-electron chi connectivity index (χ4n) is 18.9. The minimum Gasteiger partial charge on any atom is -0.353 e. The van der Waals surface area contributed by atoms with Crippen LogP contribution in [-0.2, 0) is 19.2 Å². The third kappa shape index (κ3) is 25.5. The molecule has 1 unspecified atom stereocenters. The van der Waals surface area contributed by atoms with E-state index in [1.807, 2.05) is 117 Å². The Morgan fingerprint density at radius 2 is 0.541 bits per heavy atom. The predicted octanol–water partition coefficient (Wildman–Crippen LogP) is 16.4. The molecule has 8 aliphatic heterocycles. The van der Waals surface area contributed by atoms with E-state index in [0.717, 1.165) is 185 Å². The number of rotatable bonds is 24. The van der Waals surface area contributed by atoms with Gasteiger partial charge in [0.25, 0.3) is 0 Å². The zero-order valence-corrected chi connectivity index (χ0v) is 82.5. The molecule has 8 aromatic rings. The first-order chi connectivity index (χ1) is 63.7. The Morgan fingerprint density at radius 1 is 0.323 bits per heavy atom. The van der Waals surface area contributed by atoms with Crippen molar-refractivity contribution in [2.24, 2.45) is 0 Å². The zero-order chi connectivity index (χ0) is 95.0. The van der Waals surface area contributed by atoms with Gasteiger partial charge in [0, 0.05) is 220 Å². The lowest BCUT2D eigenvalue weighted by Crippen LogP contribution is -2.55. The molecule has 9 atom stereocenters. The van der Waals surface area contributed by atoms with Crippen LogP contribution in [0.15, 0.2) is 171 Å². The van der Waals surface area contributed by atoms with Gasteiger partial charge in [-0.2, -0.15) is 0 Å². The molecule has 8 N–H and O–H groups in total. The Bertz CT molecular complexity index is 4970. The summed E-state index contributed by atoms with van der Waals surface area (Å²) in [4.78, 5) is 108. The lowest BCUT2D eigenvalue weighted by molar-refractivity contribution is -0.134. The molecule has 133 heavy (non-hydrogen) atoms. The van der Waals surface area contributed by atoms with E-state index in [1.165, 1.54) is 0 Å². The molecular formula is C101H134Cl4N24O4. The minimum atomic E-state index is -0.250. The highest BCUT2D eigenvalue weighted by molar-refractivity contribution is 6.31. The largest absolute Gasteiger partial charge is 0.353 e. The summed E-state index contributed by atoms with van der Waals surface area (Å²) in [6, 6.07) is 31.9. The molecule has 0 radical (unpaired) electrons. The molecule has 12 heterocycles. The van der Waals surface area contributed by atoms with Crippen molar-refractivity contribution in [1.82, 2.24) is 80.7 Å². The van der Waals surface area contributed by atoms with Crippen molar-refractivity contribution in [3.8, 4) is 0 Å². The normalized spacial score (nSPS) is 19.8. The molecule has 4 fully saturated rings. The van der Waals surface area contributed by atoms with Gasteiger partial charge >= 0.3 is 0 Å². The number of benzene rings is 4. The molecular weight excluding hydrogens is 1760 g/mol. The highest BCUT2D eigenvalue weighted by Crippen LogP contribution is 2.45. The molecule has 4 amide bonds. The number of piperazine rings is 4. The van der Waals surface area contributed by atoms with Gasteiger partial charge in [0.05, 0.1) is 23.7 Å². The van der Waals surface area contributed by atoms with Crippen LogP contribution in [0.2, 0.25) is 20.1 Å². The predicted molar refractivity (Wildman–Crippen MR) is 540 cm³/mol. The van der Waals surface area contributed by atoms with Crippen LogP contribution in [-0.4, -0.2) is 238 Å². The van der Waals surface area contributed by atoms with Crippen LogP contribution in [0, 0.1) is 0 Å². The molecule has 16 rings (SSSR count). The molecule has 28 nitrogen and oxygen atoms in total. The first-order valence-electron chi connectivity index (χ1n) is 47.0. The molecule has 710 valence electrons. The smallest absolute Gasteiger partial charge is 0.231 e. The monoisotopic (exact) mass is 1890 g/mol. The minimum absolute atomic E-state index is 0.137. The van der Waals surface area contributed by atoms with Crippen LogP contribution >= 0.6 is 46.4 Å². The average molecular weight is 1890 g/mol. The summed E-state index contributed by atoms with van der Waals surface area (Å²) in [5.74, 6) is 8.14. The summed E-state index contributed by atoms with van der Waals surface area (Å²) < 4.78 is 0. The molecule has 4 aromatic heterocycles. The Balaban J connectivity index is 0.000000151. The topological polar surface area (TPSA) is 294 Å². The van der Waals surface area contributed by atoms with Crippen molar-refractivity contribution in [3.05, 3.63) is 236 Å². The number of carbonyl (C=O) groups is 4. The summed E-state index contributed by atoms with van der Waals surface area (Å²) in [5.41, 5.74) is 12.5. The maximum atomic E-state index is 13.7. The SMILES string of the molecule is C=C1CC(C)c2c(ncnc2N2CCN(C(=O)[C@H](CNC(C)C)c3ccc(Cl)cc3)CC2)N1.C=C1C[C@@H](C)c2c(ncnc2N2CCN(C(=O)[C@H](CNC(C)C)c3ccc(Cl)cc3)CC2)N1.C=C1C[C@@H](C)c2c(ncnc2N2CCN(C(=O)[C@H](CNC(C)C)c3ccc(Cl)cc3)C[C@H]2C)N1.C=C1C[C@H](C)c2c(ncnc2N2CCN(C(=O)[C@H](CNC(C)C)c3ccc(Cl)cc3)CC2)N1. The zero-order valence-electron chi connectivity index (χ0n) is 79.4. The average Bonchev–Trinajstić information content (AvgIpc) is 0.788. The van der Waals surface area contributed by atoms with Crippen LogP contribution < -0.4 is 62.1 Å². The first kappa shape index (κ1) is 99.9. The molecule has 8 aliphatic rings. The number of hydrogen-bond donors (Lipinski definition) is 8. The number of allylic oxidation sites excluding steroid dienone is 4. The highest BCUT2D eigenvalue weighted by atomic mass is 35.5. The number of hydrogen-bond acceptors (Lipinski definition) is 24. The number of amides is 4. The molecule has 4 saturated heterocycles. The van der Waals surface area contributed by atoms with Gasteiger partial charge in [0.1, 0.15) is 71.9 Å². The summed E-state index contributed by atoms with van der Waals surface area (Å²) in [6.07, 6.45) is 9.93. The molecule has 0 aliphatic carbocycles. The van der Waals surface area contributed by atoms with Gasteiger partial charge in [0.15, 0.2) is 0 Å². The van der Waals surface area contributed by atoms with E-state index < -0.39 is 0 Å². The maximum absolute atomic E-state index is 13.7. The quantitative estimate of drug-likeness (QED) is 0.0279. The van der Waals surface area contributed by atoms with E-state index in [0.29, 0.717) is 146 Å². The summed E-state index contributed by atoms with van der Waals surface area (Å²) in [6.45, 7) is 56.8. The van der Waals surface area contributed by atoms with Crippen LogP contribution in [0.3, 0.4) is 0 Å². The molecule has 0 spiro atoms. The molecule has 4 aromatic carbocycles. The second kappa shape index (κ2) is 46.1. The van der Waals surface area contributed by atoms with Gasteiger partial charge in [-0.25, -0.2) is 39.9 Å². The third-order valence-electron chi connectivity index (χ3n) is 25.9. The number of fused-ring (bicyclic) bond motifs is 4. The van der Waals surface area contributed by atoms with E-state index in [4.69, 9.17) is 46.4 Å². The highest BCUT2D eigenvalue weighted by Gasteiger charge is 2.40. The van der Waals surface area contributed by atoms with Crippen LogP contribution in [0.25, 0.3) is 0 Å². The fraction of sp³-hybridized carbons (Fsp3) is 0.485.